The number of benzene rings is 2. The van der Waals surface area contributed by atoms with Gasteiger partial charge in [0.2, 0.25) is 5.91 Å². The van der Waals surface area contributed by atoms with Crippen molar-refractivity contribution < 1.29 is 22.4 Å². The lowest BCUT2D eigenvalue weighted by Crippen LogP contribution is -2.18. The Morgan fingerprint density at radius 1 is 1.04 bits per heavy atom. The molecule has 0 heterocycles. The van der Waals surface area contributed by atoms with Crippen LogP contribution >= 0.6 is 11.8 Å². The number of rotatable bonds is 5. The summed E-state index contributed by atoms with van der Waals surface area (Å²) in [5.74, 6) is -0.396. The molecule has 122 valence electrons. The number of amides is 1. The summed E-state index contributed by atoms with van der Waals surface area (Å²) < 4.78 is 51.2. The summed E-state index contributed by atoms with van der Waals surface area (Å²) >= 11 is 1.24. The van der Waals surface area contributed by atoms with Gasteiger partial charge in [-0.25, -0.2) is 4.39 Å². The summed E-state index contributed by atoms with van der Waals surface area (Å²) in [6.45, 7) is 0. The topological polar surface area (TPSA) is 29.1 Å². The number of hydrogen-bond acceptors (Lipinski definition) is 2. The van der Waals surface area contributed by atoms with Crippen LogP contribution in [0.4, 0.5) is 23.2 Å². The maximum atomic E-state index is 12.8. The molecule has 0 bridgehead atoms. The fourth-order valence-corrected chi connectivity index (χ4v) is 2.66. The fraction of sp³-hybridized carbons (Fsp3) is 0.188. The number of para-hydroxylation sites is 1. The molecule has 2 aromatic rings. The van der Waals surface area contributed by atoms with Gasteiger partial charge in [0, 0.05) is 5.75 Å². The molecule has 0 spiro atoms. The average Bonchev–Trinajstić information content (AvgIpc) is 2.49. The quantitative estimate of drug-likeness (QED) is 0.796. The molecule has 0 aromatic heterocycles. The zero-order chi connectivity index (χ0) is 16.9. The van der Waals surface area contributed by atoms with Crippen LogP contribution < -0.4 is 5.32 Å². The third kappa shape index (κ3) is 5.28. The first kappa shape index (κ1) is 17.3. The molecule has 0 saturated heterocycles. The van der Waals surface area contributed by atoms with Gasteiger partial charge < -0.3 is 5.32 Å². The number of carbonyl (C=O) groups excluding carboxylic acids is 1. The Morgan fingerprint density at radius 2 is 1.70 bits per heavy atom. The summed E-state index contributed by atoms with van der Waals surface area (Å²) in [6.07, 6.45) is -4.52. The number of alkyl halides is 3. The lowest BCUT2D eigenvalue weighted by atomic mass is 10.1. The van der Waals surface area contributed by atoms with E-state index in [1.54, 1.807) is 12.1 Å². The molecule has 0 aliphatic carbocycles. The molecule has 1 amide bonds. The first-order valence-corrected chi connectivity index (χ1v) is 7.80. The Bertz CT molecular complexity index is 671. The van der Waals surface area contributed by atoms with Gasteiger partial charge in [0.25, 0.3) is 0 Å². The van der Waals surface area contributed by atoms with E-state index in [2.05, 4.69) is 5.32 Å². The molecule has 0 aliphatic heterocycles. The fourth-order valence-electron chi connectivity index (χ4n) is 1.87. The number of thioether (sulfide) groups is 1. The SMILES string of the molecule is O=C(CSCc1ccc(F)cc1)Nc1ccccc1C(F)(F)F. The van der Waals surface area contributed by atoms with Crippen molar-refractivity contribution in [3.05, 3.63) is 65.5 Å². The normalized spacial score (nSPS) is 11.3. The molecule has 7 heteroatoms. The van der Waals surface area contributed by atoms with Crippen LogP contribution in [0.3, 0.4) is 0 Å². The highest BCUT2D eigenvalue weighted by Gasteiger charge is 2.33. The van der Waals surface area contributed by atoms with Crippen molar-refractivity contribution in [3.63, 3.8) is 0 Å². The van der Waals surface area contributed by atoms with E-state index >= 15 is 0 Å². The number of hydrogen-bond donors (Lipinski definition) is 1. The van der Waals surface area contributed by atoms with Crippen LogP contribution in [0.25, 0.3) is 0 Å². The minimum absolute atomic E-state index is 0.00354. The van der Waals surface area contributed by atoms with Crippen molar-refractivity contribution in [2.75, 3.05) is 11.1 Å². The summed E-state index contributed by atoms with van der Waals surface area (Å²) in [7, 11) is 0. The molecule has 1 N–H and O–H groups in total. The monoisotopic (exact) mass is 343 g/mol. The molecule has 2 aromatic carbocycles. The minimum Gasteiger partial charge on any atom is -0.325 e. The number of nitrogens with one attached hydrogen (secondary N) is 1. The Balaban J connectivity index is 1.89. The Morgan fingerprint density at radius 3 is 2.35 bits per heavy atom. The Labute approximate surface area is 134 Å². The number of anilines is 1. The van der Waals surface area contributed by atoms with Crippen LogP contribution in [0.15, 0.2) is 48.5 Å². The van der Waals surface area contributed by atoms with E-state index in [0.29, 0.717) is 5.75 Å². The van der Waals surface area contributed by atoms with Gasteiger partial charge in [-0.15, -0.1) is 11.8 Å². The van der Waals surface area contributed by atoms with E-state index in [0.717, 1.165) is 11.6 Å². The maximum Gasteiger partial charge on any atom is 0.418 e. The summed E-state index contributed by atoms with van der Waals surface area (Å²) in [4.78, 5) is 11.8. The number of halogens is 4. The van der Waals surface area contributed by atoms with E-state index in [1.165, 1.54) is 42.1 Å². The van der Waals surface area contributed by atoms with Crippen molar-refractivity contribution in [3.8, 4) is 0 Å². The van der Waals surface area contributed by atoms with E-state index in [4.69, 9.17) is 0 Å². The molecule has 0 radical (unpaired) electrons. The lowest BCUT2D eigenvalue weighted by Gasteiger charge is -2.13. The molecule has 0 saturated carbocycles. The van der Waals surface area contributed by atoms with Crippen LogP contribution in [0, 0.1) is 5.82 Å². The van der Waals surface area contributed by atoms with Crippen LogP contribution in [-0.4, -0.2) is 11.7 Å². The Hall–Kier alpha value is -2.02. The minimum atomic E-state index is -4.52. The molecule has 0 aliphatic rings. The molecule has 0 fully saturated rings. The van der Waals surface area contributed by atoms with Crippen molar-refractivity contribution in [1.82, 2.24) is 0 Å². The second-order valence-electron chi connectivity index (χ2n) is 4.71. The van der Waals surface area contributed by atoms with Crippen molar-refractivity contribution in [2.24, 2.45) is 0 Å². The second kappa shape index (κ2) is 7.50. The number of carbonyl (C=O) groups is 1. The zero-order valence-electron chi connectivity index (χ0n) is 11.9. The van der Waals surface area contributed by atoms with Gasteiger partial charge in [-0.3, -0.25) is 4.79 Å². The van der Waals surface area contributed by atoms with E-state index in [-0.39, 0.29) is 17.3 Å². The average molecular weight is 343 g/mol. The predicted octanol–water partition coefficient (Wildman–Crippen LogP) is 4.72. The maximum absolute atomic E-state index is 12.8. The van der Waals surface area contributed by atoms with Crippen LogP contribution in [-0.2, 0) is 16.7 Å². The third-order valence-electron chi connectivity index (χ3n) is 2.92. The van der Waals surface area contributed by atoms with Gasteiger partial charge in [-0.2, -0.15) is 13.2 Å². The van der Waals surface area contributed by atoms with Gasteiger partial charge in [-0.1, -0.05) is 24.3 Å². The van der Waals surface area contributed by atoms with Gasteiger partial charge in [0.15, 0.2) is 0 Å². The summed E-state index contributed by atoms with van der Waals surface area (Å²) in [6, 6.07) is 10.6. The predicted molar refractivity (Wildman–Crippen MR) is 82.6 cm³/mol. The highest BCUT2D eigenvalue weighted by Crippen LogP contribution is 2.34. The Kier molecular flexibility index (Phi) is 5.65. The largest absolute Gasteiger partial charge is 0.418 e. The van der Waals surface area contributed by atoms with Crippen LogP contribution in [0.5, 0.6) is 0 Å². The van der Waals surface area contributed by atoms with E-state index in [1.807, 2.05) is 0 Å². The molecular formula is C16H13F4NOS. The molecule has 23 heavy (non-hydrogen) atoms. The zero-order valence-corrected chi connectivity index (χ0v) is 12.7. The van der Waals surface area contributed by atoms with Crippen molar-refractivity contribution in [1.29, 1.82) is 0 Å². The van der Waals surface area contributed by atoms with Gasteiger partial charge in [-0.05, 0) is 29.8 Å². The second-order valence-corrected chi connectivity index (χ2v) is 5.70. The smallest absolute Gasteiger partial charge is 0.325 e. The third-order valence-corrected chi connectivity index (χ3v) is 3.93. The van der Waals surface area contributed by atoms with Crippen LogP contribution in [0.1, 0.15) is 11.1 Å². The van der Waals surface area contributed by atoms with Gasteiger partial charge >= 0.3 is 6.18 Å². The molecule has 2 nitrogen and oxygen atoms in total. The van der Waals surface area contributed by atoms with Crippen molar-refractivity contribution in [2.45, 2.75) is 11.9 Å². The molecular weight excluding hydrogens is 330 g/mol. The van der Waals surface area contributed by atoms with Crippen molar-refractivity contribution >= 4 is 23.4 Å². The first-order chi connectivity index (χ1) is 10.9. The molecule has 0 unspecified atom stereocenters. The first-order valence-electron chi connectivity index (χ1n) is 6.64. The summed E-state index contributed by atoms with van der Waals surface area (Å²) in [5.41, 5.74) is -0.302. The lowest BCUT2D eigenvalue weighted by molar-refractivity contribution is -0.137. The van der Waals surface area contributed by atoms with Gasteiger partial charge in [0.05, 0.1) is 17.0 Å². The standard InChI is InChI=1S/C16H13F4NOS/c17-12-7-5-11(6-8-12)9-23-10-15(22)21-14-4-2-1-3-13(14)16(18,19)20/h1-8H,9-10H2,(H,21,22). The van der Waals surface area contributed by atoms with E-state index < -0.39 is 17.6 Å². The van der Waals surface area contributed by atoms with Gasteiger partial charge in [0.1, 0.15) is 5.82 Å². The van der Waals surface area contributed by atoms with E-state index in [9.17, 15) is 22.4 Å². The van der Waals surface area contributed by atoms with Crippen LogP contribution in [0.2, 0.25) is 0 Å². The molecule has 2 rings (SSSR count). The highest BCUT2D eigenvalue weighted by atomic mass is 32.2. The summed E-state index contributed by atoms with van der Waals surface area (Å²) in [5, 5.41) is 2.27. The molecule has 0 atom stereocenters. The highest BCUT2D eigenvalue weighted by molar-refractivity contribution is 7.99.